The summed E-state index contributed by atoms with van der Waals surface area (Å²) in [6.45, 7) is 0.0852. The van der Waals surface area contributed by atoms with E-state index in [1.54, 1.807) is 24.3 Å². The first-order valence-electron chi connectivity index (χ1n) is 4.73. The molecule has 6 nitrogen and oxygen atoms in total. The summed E-state index contributed by atoms with van der Waals surface area (Å²) in [5.74, 6) is -0.603. The van der Waals surface area contributed by atoms with E-state index < -0.39 is 17.0 Å². The third-order valence-corrected chi connectivity index (χ3v) is 2.77. The maximum absolute atomic E-state index is 11.3. The van der Waals surface area contributed by atoms with Gasteiger partial charge in [0.05, 0.1) is 7.11 Å². The molecule has 0 bridgehead atoms. The monoisotopic (exact) mass is 259 g/mol. The molecular weight excluding hydrogens is 246 g/mol. The molecule has 7 heteroatoms. The molecule has 94 valence electrons. The van der Waals surface area contributed by atoms with E-state index in [1.807, 2.05) is 0 Å². The van der Waals surface area contributed by atoms with Gasteiger partial charge in [0, 0.05) is 5.69 Å². The van der Waals surface area contributed by atoms with E-state index in [9.17, 15) is 9.00 Å². The second-order valence-electron chi connectivity index (χ2n) is 3.13. The van der Waals surface area contributed by atoms with Crippen molar-refractivity contribution in [1.82, 2.24) is 0 Å². The number of anilines is 1. The molecule has 0 heterocycles. The maximum atomic E-state index is 11.3. The largest absolute Gasteiger partial charge is 0.325 e. The molecule has 0 fully saturated rings. The summed E-state index contributed by atoms with van der Waals surface area (Å²) in [7, 11) is 1.27. The average molecular weight is 259 g/mol. The van der Waals surface area contributed by atoms with Crippen LogP contribution in [0.5, 0.6) is 0 Å². The zero-order chi connectivity index (χ0) is 12.7. The van der Waals surface area contributed by atoms with Crippen molar-refractivity contribution in [1.29, 1.82) is 0 Å². The highest BCUT2D eigenvalue weighted by Crippen LogP contribution is 2.10. The lowest BCUT2D eigenvalue weighted by molar-refractivity contribution is -0.253. The van der Waals surface area contributed by atoms with Gasteiger partial charge >= 0.3 is 0 Å². The van der Waals surface area contributed by atoms with Crippen molar-refractivity contribution in [3.8, 4) is 0 Å². The van der Waals surface area contributed by atoms with Gasteiger partial charge in [-0.2, -0.15) is 0 Å². The van der Waals surface area contributed by atoms with Gasteiger partial charge in [0.15, 0.2) is 11.1 Å². The molecule has 0 saturated heterocycles. The summed E-state index contributed by atoms with van der Waals surface area (Å²) in [5, 5.41) is 10.8. The first kappa shape index (κ1) is 13.8. The van der Waals surface area contributed by atoms with E-state index in [4.69, 9.17) is 5.26 Å². The van der Waals surface area contributed by atoms with Gasteiger partial charge < -0.3 is 5.32 Å². The normalized spacial score (nSPS) is 12.1. The molecule has 0 aliphatic carbocycles. The number of hydrogen-bond acceptors (Lipinski definition) is 5. The Kier molecular flexibility index (Phi) is 5.78. The van der Waals surface area contributed by atoms with E-state index in [1.165, 1.54) is 7.11 Å². The number of hydrogen-bond donors (Lipinski definition) is 2. The first-order chi connectivity index (χ1) is 8.15. The summed E-state index contributed by atoms with van der Waals surface area (Å²) < 4.78 is 15.4. The zero-order valence-corrected chi connectivity index (χ0v) is 10.0. The van der Waals surface area contributed by atoms with Crippen LogP contribution in [-0.2, 0) is 31.6 Å². The van der Waals surface area contributed by atoms with E-state index in [2.05, 4.69) is 14.4 Å². The lowest BCUT2D eigenvalue weighted by Gasteiger charge is -2.05. The molecule has 1 aromatic carbocycles. The minimum Gasteiger partial charge on any atom is -0.325 e. The molecule has 1 atom stereocenters. The van der Waals surface area contributed by atoms with Gasteiger partial charge in [-0.3, -0.25) is 14.2 Å². The maximum Gasteiger partial charge on any atom is 0.239 e. The fourth-order valence-corrected chi connectivity index (χ4v) is 1.53. The summed E-state index contributed by atoms with van der Waals surface area (Å²) >= 11 is -1.60. The van der Waals surface area contributed by atoms with Crippen LogP contribution in [0.1, 0.15) is 5.56 Å². The fourth-order valence-electron chi connectivity index (χ4n) is 1.12. The quantitative estimate of drug-likeness (QED) is 0.586. The molecule has 1 rings (SSSR count). The zero-order valence-electron chi connectivity index (χ0n) is 9.21. The summed E-state index contributed by atoms with van der Waals surface area (Å²) in [4.78, 5) is 15.3. The minimum absolute atomic E-state index is 0.0852. The number of benzene rings is 1. The van der Waals surface area contributed by atoms with Crippen molar-refractivity contribution in [3.63, 3.8) is 0 Å². The van der Waals surface area contributed by atoms with Crippen molar-refractivity contribution in [2.75, 3.05) is 18.2 Å². The highest BCUT2D eigenvalue weighted by atomic mass is 32.2. The van der Waals surface area contributed by atoms with Gasteiger partial charge in [0.25, 0.3) is 0 Å². The third kappa shape index (κ3) is 5.05. The van der Waals surface area contributed by atoms with Gasteiger partial charge in [-0.15, -0.1) is 0 Å². The van der Waals surface area contributed by atoms with Crippen LogP contribution in [0.15, 0.2) is 24.3 Å². The Bertz CT molecular complexity index is 392. The number of carbonyl (C=O) groups excluding carboxylic acids is 1. The minimum atomic E-state index is -1.60. The summed E-state index contributed by atoms with van der Waals surface area (Å²) in [6.07, 6.45) is 0. The topological polar surface area (TPSA) is 84.9 Å². The van der Waals surface area contributed by atoms with Crippen molar-refractivity contribution in [2.24, 2.45) is 0 Å². The summed E-state index contributed by atoms with van der Waals surface area (Å²) in [5.41, 5.74) is 1.34. The van der Waals surface area contributed by atoms with Crippen LogP contribution in [0, 0.1) is 0 Å². The molecule has 0 spiro atoms. The Morgan fingerprint density at radius 3 is 2.59 bits per heavy atom. The average Bonchev–Trinajstić information content (AvgIpc) is 2.31. The number of nitrogens with one attached hydrogen (secondary N) is 1. The second-order valence-corrected chi connectivity index (χ2v) is 4.36. The van der Waals surface area contributed by atoms with Crippen LogP contribution in [0.25, 0.3) is 0 Å². The highest BCUT2D eigenvalue weighted by Gasteiger charge is 2.07. The lowest BCUT2D eigenvalue weighted by Crippen LogP contribution is -2.19. The molecule has 0 aliphatic heterocycles. The molecule has 0 aliphatic rings. The molecule has 1 amide bonds. The Morgan fingerprint density at radius 2 is 2.06 bits per heavy atom. The Morgan fingerprint density at radius 1 is 1.41 bits per heavy atom. The van der Waals surface area contributed by atoms with Crippen molar-refractivity contribution >= 4 is 22.7 Å². The smallest absolute Gasteiger partial charge is 0.239 e. The van der Waals surface area contributed by atoms with Crippen LogP contribution in [0.4, 0.5) is 5.69 Å². The molecule has 0 radical (unpaired) electrons. The fraction of sp³-hybridized carbons (Fsp3) is 0.300. The Labute approximate surface area is 101 Å². The number of carbonyl (C=O) groups is 1. The highest BCUT2D eigenvalue weighted by molar-refractivity contribution is 7.80. The molecule has 17 heavy (non-hydrogen) atoms. The molecule has 1 aromatic rings. The van der Waals surface area contributed by atoms with Crippen molar-refractivity contribution in [2.45, 2.75) is 6.61 Å². The molecule has 0 saturated carbocycles. The molecule has 1 unspecified atom stereocenters. The lowest BCUT2D eigenvalue weighted by atomic mass is 10.2. The van der Waals surface area contributed by atoms with Gasteiger partial charge in [0.1, 0.15) is 12.4 Å². The van der Waals surface area contributed by atoms with Crippen LogP contribution in [-0.4, -0.2) is 28.2 Å². The van der Waals surface area contributed by atoms with Gasteiger partial charge in [-0.05, 0) is 17.7 Å². The number of rotatable bonds is 6. The van der Waals surface area contributed by atoms with Crippen molar-refractivity contribution in [3.05, 3.63) is 29.8 Å². The SMILES string of the molecule is COS(=O)CC(=O)Nc1ccc(COO)cc1. The van der Waals surface area contributed by atoms with Crippen LogP contribution >= 0.6 is 0 Å². The molecule has 0 aromatic heterocycles. The van der Waals surface area contributed by atoms with E-state index in [0.29, 0.717) is 5.69 Å². The van der Waals surface area contributed by atoms with E-state index in [-0.39, 0.29) is 12.4 Å². The van der Waals surface area contributed by atoms with Gasteiger partial charge in [0.2, 0.25) is 5.91 Å². The Balaban J connectivity index is 2.51. The van der Waals surface area contributed by atoms with E-state index in [0.717, 1.165) is 5.56 Å². The van der Waals surface area contributed by atoms with Crippen LogP contribution < -0.4 is 5.32 Å². The third-order valence-electron chi connectivity index (χ3n) is 1.90. The van der Waals surface area contributed by atoms with Crippen LogP contribution in [0.2, 0.25) is 0 Å². The molecule has 2 N–H and O–H groups in total. The van der Waals surface area contributed by atoms with Gasteiger partial charge in [-0.25, -0.2) is 9.10 Å². The molecular formula is C10H13NO5S. The predicted molar refractivity (Wildman–Crippen MR) is 62.5 cm³/mol. The number of amides is 1. The standard InChI is InChI=1S/C10H13NO5S/c1-15-17(14)7-10(12)11-9-4-2-8(3-5-9)6-16-13/h2-5,13H,6-7H2,1H3,(H,11,12). The predicted octanol–water partition coefficient (Wildman–Crippen LogP) is 0.925. The first-order valence-corrected chi connectivity index (χ1v) is 5.98. The van der Waals surface area contributed by atoms with Crippen LogP contribution in [0.3, 0.4) is 0 Å². The van der Waals surface area contributed by atoms with Gasteiger partial charge in [-0.1, -0.05) is 12.1 Å². The Hall–Kier alpha value is -1.28. The second kappa shape index (κ2) is 7.13. The van der Waals surface area contributed by atoms with Crippen molar-refractivity contribution < 1.29 is 23.3 Å². The van der Waals surface area contributed by atoms with E-state index >= 15 is 0 Å². The summed E-state index contributed by atoms with van der Waals surface area (Å²) in [6, 6.07) is 6.70.